The van der Waals surface area contributed by atoms with Crippen LogP contribution in [-0.4, -0.2) is 29.6 Å². The van der Waals surface area contributed by atoms with Gasteiger partial charge in [-0.1, -0.05) is 79.7 Å². The van der Waals surface area contributed by atoms with Gasteiger partial charge in [0.2, 0.25) is 0 Å². The lowest BCUT2D eigenvalue weighted by Gasteiger charge is -2.26. The molecule has 0 heterocycles. The van der Waals surface area contributed by atoms with Crippen LogP contribution in [0.15, 0.2) is 54.6 Å². The molecule has 0 amide bonds. The number of halogens is 3. The molecule has 3 aromatic rings. The number of unbranched alkanes of at least 4 members (excludes halogenated alkanes) is 2. The molecule has 184 valence electrons. The first-order chi connectivity index (χ1) is 16.9. The third-order valence-electron chi connectivity index (χ3n) is 6.59. The fourth-order valence-electron chi connectivity index (χ4n) is 4.79. The highest BCUT2D eigenvalue weighted by Gasteiger charge is 2.29. The van der Waals surface area contributed by atoms with Crippen LogP contribution in [0.5, 0.6) is 0 Å². The summed E-state index contributed by atoms with van der Waals surface area (Å²) in [6.45, 7) is 6.98. The molecule has 0 aliphatic heterocycles. The number of nitrogens with zero attached hydrogens (tertiary/aromatic N) is 1. The Morgan fingerprint density at radius 1 is 0.771 bits per heavy atom. The van der Waals surface area contributed by atoms with E-state index in [0.29, 0.717) is 21.6 Å². The van der Waals surface area contributed by atoms with E-state index >= 15 is 0 Å². The summed E-state index contributed by atoms with van der Waals surface area (Å²) in [7, 11) is 0. The van der Waals surface area contributed by atoms with Crippen LogP contribution < -0.4 is 0 Å². The predicted octanol–water partition coefficient (Wildman–Crippen LogP) is 9.15. The quantitative estimate of drug-likeness (QED) is 0.222. The number of hydrogen-bond donors (Lipinski definition) is 1. The first-order valence-electron chi connectivity index (χ1n) is 12.4. The fourth-order valence-corrected chi connectivity index (χ4v) is 5.31. The van der Waals surface area contributed by atoms with Crippen molar-refractivity contribution in [3.63, 3.8) is 0 Å². The van der Waals surface area contributed by atoms with E-state index in [2.05, 4.69) is 30.9 Å². The topological polar surface area (TPSA) is 23.5 Å². The Balaban J connectivity index is 1.79. The highest BCUT2D eigenvalue weighted by Crippen LogP contribution is 2.50. The van der Waals surface area contributed by atoms with Crippen LogP contribution in [0.25, 0.3) is 22.8 Å². The molecule has 0 saturated carbocycles. The Labute approximate surface area is 224 Å². The Morgan fingerprint density at radius 3 is 2.06 bits per heavy atom. The smallest absolute Gasteiger partial charge is 0.0923 e. The second kappa shape index (κ2) is 12.0. The van der Waals surface area contributed by atoms with Gasteiger partial charge in [-0.25, -0.2) is 0 Å². The maximum Gasteiger partial charge on any atom is 0.0923 e. The van der Waals surface area contributed by atoms with Crippen molar-refractivity contribution in [1.82, 2.24) is 4.90 Å². The van der Waals surface area contributed by atoms with Crippen molar-refractivity contribution >= 4 is 46.5 Å². The van der Waals surface area contributed by atoms with Crippen molar-refractivity contribution in [3.05, 3.63) is 91.9 Å². The minimum atomic E-state index is -0.644. The number of rotatable bonds is 10. The van der Waals surface area contributed by atoms with Crippen molar-refractivity contribution in [2.75, 3.05) is 19.6 Å². The summed E-state index contributed by atoms with van der Waals surface area (Å²) in [6.07, 6.45) is 6.02. The largest absolute Gasteiger partial charge is 0.387 e. The molecule has 0 unspecified atom stereocenters. The zero-order chi connectivity index (χ0) is 24.9. The molecule has 4 rings (SSSR count). The highest BCUT2D eigenvalue weighted by atomic mass is 35.5. The molecule has 0 fully saturated rings. The van der Waals surface area contributed by atoms with E-state index < -0.39 is 6.10 Å². The molecule has 0 aromatic heterocycles. The van der Waals surface area contributed by atoms with Crippen LogP contribution in [-0.2, 0) is 0 Å². The molecular weight excluding hydrogens is 497 g/mol. The summed E-state index contributed by atoms with van der Waals surface area (Å²) in [5.41, 5.74) is 7.14. The minimum absolute atomic E-state index is 0.589. The van der Waals surface area contributed by atoms with Crippen LogP contribution >= 0.6 is 34.8 Å². The predicted molar refractivity (Wildman–Crippen MR) is 152 cm³/mol. The van der Waals surface area contributed by atoms with E-state index in [4.69, 9.17) is 34.8 Å². The van der Waals surface area contributed by atoms with Crippen LogP contribution in [0, 0.1) is 0 Å². The van der Waals surface area contributed by atoms with E-state index in [1.54, 1.807) is 0 Å². The van der Waals surface area contributed by atoms with Gasteiger partial charge in [-0.05, 0) is 107 Å². The second-order valence-electron chi connectivity index (χ2n) is 9.24. The first kappa shape index (κ1) is 26.3. The summed E-state index contributed by atoms with van der Waals surface area (Å²) in [6, 6.07) is 17.6. The lowest BCUT2D eigenvalue weighted by molar-refractivity contribution is 0.111. The number of aliphatic hydroxyl groups is 1. The third-order valence-corrected chi connectivity index (χ3v) is 7.30. The molecule has 0 radical (unpaired) electrons. The molecule has 1 aliphatic rings. The average molecular weight is 529 g/mol. The van der Waals surface area contributed by atoms with Gasteiger partial charge in [0.25, 0.3) is 0 Å². The van der Waals surface area contributed by atoms with Crippen molar-refractivity contribution in [3.8, 4) is 11.1 Å². The summed E-state index contributed by atoms with van der Waals surface area (Å²) in [5.74, 6) is 0. The Bertz CT molecular complexity index is 1190. The van der Waals surface area contributed by atoms with Gasteiger partial charge in [0.15, 0.2) is 0 Å². The van der Waals surface area contributed by atoms with Gasteiger partial charge in [0.1, 0.15) is 0 Å². The van der Waals surface area contributed by atoms with Crippen LogP contribution in [0.4, 0.5) is 0 Å². The van der Waals surface area contributed by atoms with E-state index in [-0.39, 0.29) is 0 Å². The lowest BCUT2D eigenvalue weighted by atomic mass is 9.94. The van der Waals surface area contributed by atoms with Gasteiger partial charge in [-0.3, -0.25) is 0 Å². The van der Waals surface area contributed by atoms with E-state index in [1.165, 1.54) is 0 Å². The van der Waals surface area contributed by atoms with Gasteiger partial charge >= 0.3 is 0 Å². The molecule has 2 nitrogen and oxygen atoms in total. The molecule has 1 N–H and O–H groups in total. The molecule has 0 saturated heterocycles. The first-order valence-corrected chi connectivity index (χ1v) is 13.6. The SMILES string of the molecule is CCCCN(CCCC)C[C@@H](O)c1cc(Cl)cc2c1-c1ccc(Cl)cc1/C2=C\c1ccc(Cl)cc1. The van der Waals surface area contributed by atoms with Gasteiger partial charge in [-0.15, -0.1) is 0 Å². The molecule has 35 heavy (non-hydrogen) atoms. The number of hydrogen-bond acceptors (Lipinski definition) is 2. The van der Waals surface area contributed by atoms with Gasteiger partial charge in [0, 0.05) is 21.6 Å². The number of benzene rings is 3. The Kier molecular flexibility index (Phi) is 8.97. The zero-order valence-electron chi connectivity index (χ0n) is 20.3. The molecule has 5 heteroatoms. The summed E-state index contributed by atoms with van der Waals surface area (Å²) in [5, 5.41) is 13.5. The van der Waals surface area contributed by atoms with Gasteiger partial charge in [0.05, 0.1) is 6.10 Å². The minimum Gasteiger partial charge on any atom is -0.387 e. The van der Waals surface area contributed by atoms with Gasteiger partial charge in [-0.2, -0.15) is 0 Å². The summed E-state index contributed by atoms with van der Waals surface area (Å²) < 4.78 is 0. The third kappa shape index (κ3) is 6.13. The molecule has 3 aromatic carbocycles. The second-order valence-corrected chi connectivity index (χ2v) is 10.5. The highest BCUT2D eigenvalue weighted by molar-refractivity contribution is 6.32. The van der Waals surface area contributed by atoms with Crippen molar-refractivity contribution in [2.24, 2.45) is 0 Å². The van der Waals surface area contributed by atoms with Crippen LogP contribution in [0.2, 0.25) is 15.1 Å². The molecular formula is C30H32Cl3NO. The normalized spacial score (nSPS) is 14.4. The molecule has 1 aliphatic carbocycles. The van der Waals surface area contributed by atoms with Gasteiger partial charge < -0.3 is 10.0 Å². The van der Waals surface area contributed by atoms with E-state index in [1.807, 2.05) is 48.5 Å². The number of aliphatic hydroxyl groups excluding tert-OH is 1. The summed E-state index contributed by atoms with van der Waals surface area (Å²) >= 11 is 19.2. The van der Waals surface area contributed by atoms with E-state index in [9.17, 15) is 5.11 Å². The van der Waals surface area contributed by atoms with E-state index in [0.717, 1.165) is 77.7 Å². The zero-order valence-corrected chi connectivity index (χ0v) is 22.6. The average Bonchev–Trinajstić information content (AvgIpc) is 3.13. The van der Waals surface area contributed by atoms with Crippen molar-refractivity contribution < 1.29 is 5.11 Å². The molecule has 0 spiro atoms. The maximum absolute atomic E-state index is 11.5. The van der Waals surface area contributed by atoms with Crippen molar-refractivity contribution in [2.45, 2.75) is 45.6 Å². The fraction of sp³-hybridized carbons (Fsp3) is 0.333. The molecule has 1 atom stereocenters. The summed E-state index contributed by atoms with van der Waals surface area (Å²) in [4.78, 5) is 2.38. The Hall–Kier alpha value is -1.81. The number of fused-ring (bicyclic) bond motifs is 3. The Morgan fingerprint density at radius 2 is 1.40 bits per heavy atom. The maximum atomic E-state index is 11.5. The monoisotopic (exact) mass is 527 g/mol. The molecule has 0 bridgehead atoms. The van der Waals surface area contributed by atoms with Crippen molar-refractivity contribution in [1.29, 1.82) is 0 Å². The van der Waals surface area contributed by atoms with Crippen LogP contribution in [0.3, 0.4) is 0 Å². The lowest BCUT2D eigenvalue weighted by Crippen LogP contribution is -2.31. The van der Waals surface area contributed by atoms with Crippen LogP contribution in [0.1, 0.15) is 67.9 Å². The standard InChI is InChI=1S/C30H32Cl3NO/c1-3-5-13-34(14-6-4-2)19-29(35)28-18-23(33)17-27-25(15-20-7-9-21(31)10-8-20)26-16-22(32)11-12-24(26)30(27)28/h7-12,15-18,29,35H,3-6,13-14,19H2,1-2H3/b25-15+/t29-/m1/s1.